The summed E-state index contributed by atoms with van der Waals surface area (Å²) < 4.78 is 7.90. The summed E-state index contributed by atoms with van der Waals surface area (Å²) in [7, 11) is 2.05. The highest BCUT2D eigenvalue weighted by Gasteiger charge is 2.05. The van der Waals surface area contributed by atoms with Crippen molar-refractivity contribution in [3.63, 3.8) is 0 Å². The van der Waals surface area contributed by atoms with Crippen LogP contribution in [0.1, 0.15) is 23.9 Å². The molecule has 1 aromatic heterocycles. The number of aromatic amines is 1. The summed E-state index contributed by atoms with van der Waals surface area (Å²) >= 11 is 5.38. The van der Waals surface area contributed by atoms with Crippen molar-refractivity contribution in [2.45, 2.75) is 20.1 Å². The van der Waals surface area contributed by atoms with Crippen molar-refractivity contribution in [1.29, 1.82) is 0 Å². The van der Waals surface area contributed by atoms with Crippen LogP contribution in [-0.4, -0.2) is 33.3 Å². The van der Waals surface area contributed by atoms with E-state index in [1.807, 2.05) is 66.2 Å². The topological polar surface area (TPSA) is 46.1 Å². The molecule has 0 atom stereocenters. The summed E-state index contributed by atoms with van der Waals surface area (Å²) in [5.74, 6) is 1.65. The monoisotopic (exact) mass is 380 g/mol. The van der Waals surface area contributed by atoms with Gasteiger partial charge in [-0.1, -0.05) is 48.5 Å². The van der Waals surface area contributed by atoms with Crippen molar-refractivity contribution in [3.8, 4) is 5.75 Å². The molecule has 140 valence electrons. The molecule has 0 saturated heterocycles. The maximum atomic E-state index is 5.48. The molecular weight excluding hydrogens is 356 g/mol. The molecule has 0 saturated carbocycles. The quantitative estimate of drug-likeness (QED) is 0.580. The average Bonchev–Trinajstić information content (AvgIpc) is 3.02. The Morgan fingerprint density at radius 3 is 2.56 bits per heavy atom. The van der Waals surface area contributed by atoms with E-state index < -0.39 is 0 Å². The van der Waals surface area contributed by atoms with Crippen molar-refractivity contribution in [2.75, 3.05) is 13.7 Å². The summed E-state index contributed by atoms with van der Waals surface area (Å²) in [6, 6.07) is 18.3. The van der Waals surface area contributed by atoms with Crippen molar-refractivity contribution < 1.29 is 4.74 Å². The van der Waals surface area contributed by atoms with Crippen LogP contribution in [0.25, 0.3) is 12.2 Å². The number of nitrogens with one attached hydrogen (secondary N) is 1. The fraction of sp³-hybridized carbons (Fsp3) is 0.238. The van der Waals surface area contributed by atoms with Gasteiger partial charge in [0.15, 0.2) is 0 Å². The number of H-pyrrole nitrogens is 1. The smallest absolute Gasteiger partial charge is 0.217 e. The number of benzene rings is 2. The van der Waals surface area contributed by atoms with E-state index in [1.54, 1.807) is 0 Å². The van der Waals surface area contributed by atoms with Gasteiger partial charge in [-0.3, -0.25) is 10.00 Å². The van der Waals surface area contributed by atoms with Crippen LogP contribution in [0.15, 0.2) is 54.6 Å². The van der Waals surface area contributed by atoms with Crippen LogP contribution in [0.5, 0.6) is 5.75 Å². The second-order valence-corrected chi connectivity index (χ2v) is 6.66. The summed E-state index contributed by atoms with van der Waals surface area (Å²) in [5.41, 5.74) is 2.34. The number of ether oxygens (including phenoxy) is 1. The molecule has 0 bridgehead atoms. The Hall–Kier alpha value is -2.70. The molecule has 2 aromatic carbocycles. The zero-order valence-corrected chi connectivity index (χ0v) is 16.4. The van der Waals surface area contributed by atoms with Gasteiger partial charge in [0.25, 0.3) is 0 Å². The first kappa shape index (κ1) is 19.1. The highest BCUT2D eigenvalue weighted by Crippen LogP contribution is 2.13. The van der Waals surface area contributed by atoms with E-state index in [4.69, 9.17) is 17.0 Å². The van der Waals surface area contributed by atoms with Crippen LogP contribution in [0.4, 0.5) is 0 Å². The van der Waals surface area contributed by atoms with E-state index in [-0.39, 0.29) is 0 Å². The first-order chi connectivity index (χ1) is 13.1. The molecule has 0 spiro atoms. The van der Waals surface area contributed by atoms with Gasteiger partial charge in [-0.05, 0) is 55.5 Å². The van der Waals surface area contributed by atoms with Gasteiger partial charge in [-0.25, -0.2) is 4.68 Å². The van der Waals surface area contributed by atoms with Gasteiger partial charge >= 0.3 is 0 Å². The van der Waals surface area contributed by atoms with Crippen molar-refractivity contribution in [1.82, 2.24) is 19.7 Å². The van der Waals surface area contributed by atoms with Crippen LogP contribution in [0.2, 0.25) is 0 Å². The Bertz CT molecular complexity index is 929. The first-order valence-corrected chi connectivity index (χ1v) is 9.35. The van der Waals surface area contributed by atoms with Crippen LogP contribution in [0.3, 0.4) is 0 Å². The molecule has 0 amide bonds. The van der Waals surface area contributed by atoms with Crippen LogP contribution in [0, 0.1) is 4.77 Å². The van der Waals surface area contributed by atoms with Crippen LogP contribution >= 0.6 is 12.2 Å². The summed E-state index contributed by atoms with van der Waals surface area (Å²) in [4.78, 5) is 6.59. The molecule has 5 nitrogen and oxygen atoms in total. The fourth-order valence-electron chi connectivity index (χ4n) is 2.75. The first-order valence-electron chi connectivity index (χ1n) is 8.94. The van der Waals surface area contributed by atoms with Gasteiger partial charge in [0.1, 0.15) is 11.6 Å². The SMILES string of the molecule is CCOc1ccc(CN(C)Cn2[nH]c(/C=C/c3ccccc3)nc2=S)cc1. The predicted molar refractivity (Wildman–Crippen MR) is 112 cm³/mol. The lowest BCUT2D eigenvalue weighted by atomic mass is 10.2. The number of hydrogen-bond donors (Lipinski definition) is 1. The summed E-state index contributed by atoms with van der Waals surface area (Å²) in [6.07, 6.45) is 3.95. The largest absolute Gasteiger partial charge is 0.494 e. The highest BCUT2D eigenvalue weighted by molar-refractivity contribution is 7.71. The van der Waals surface area contributed by atoms with Gasteiger partial charge in [-0.2, -0.15) is 4.98 Å². The third-order valence-corrected chi connectivity index (χ3v) is 4.31. The average molecular weight is 381 g/mol. The molecule has 0 aliphatic carbocycles. The Morgan fingerprint density at radius 2 is 1.85 bits per heavy atom. The maximum absolute atomic E-state index is 5.48. The van der Waals surface area contributed by atoms with Crippen LogP contribution < -0.4 is 4.74 Å². The van der Waals surface area contributed by atoms with E-state index in [2.05, 4.69) is 34.2 Å². The molecule has 6 heteroatoms. The summed E-state index contributed by atoms with van der Waals surface area (Å²) in [5, 5.41) is 3.25. The Kier molecular flexibility index (Phi) is 6.57. The fourth-order valence-corrected chi connectivity index (χ4v) is 2.95. The number of rotatable bonds is 8. The second-order valence-electron chi connectivity index (χ2n) is 6.30. The standard InChI is InChI=1S/C21H24N4OS/c1-3-26-19-12-9-18(10-13-19)15-24(2)16-25-21(27)22-20(23-25)14-11-17-7-5-4-6-8-17/h4-14H,3,15-16H2,1-2H3,(H,22,23,27)/b14-11+. The molecular formula is C21H24N4OS. The van der Waals surface area contributed by atoms with Gasteiger partial charge < -0.3 is 4.74 Å². The van der Waals surface area contributed by atoms with E-state index >= 15 is 0 Å². The number of aromatic nitrogens is 3. The molecule has 0 unspecified atom stereocenters. The van der Waals surface area contributed by atoms with Gasteiger partial charge in [0.2, 0.25) is 4.77 Å². The Balaban J connectivity index is 1.61. The molecule has 27 heavy (non-hydrogen) atoms. The van der Waals surface area contributed by atoms with Crippen LogP contribution in [-0.2, 0) is 13.2 Å². The molecule has 0 aliphatic heterocycles. The normalized spacial score (nSPS) is 11.4. The Morgan fingerprint density at radius 1 is 1.11 bits per heavy atom. The molecule has 0 aliphatic rings. The second kappa shape index (κ2) is 9.30. The number of nitrogens with zero attached hydrogens (tertiary/aromatic N) is 3. The lowest BCUT2D eigenvalue weighted by Crippen LogP contribution is -2.22. The molecule has 0 radical (unpaired) electrons. The molecule has 1 heterocycles. The van der Waals surface area contributed by atoms with Crippen molar-refractivity contribution in [2.24, 2.45) is 0 Å². The zero-order chi connectivity index (χ0) is 19.1. The lowest BCUT2D eigenvalue weighted by molar-refractivity contribution is 0.244. The molecule has 3 aromatic rings. The zero-order valence-electron chi connectivity index (χ0n) is 15.6. The van der Waals surface area contributed by atoms with Crippen molar-refractivity contribution in [3.05, 3.63) is 76.3 Å². The highest BCUT2D eigenvalue weighted by atomic mass is 32.1. The Labute approximate surface area is 164 Å². The van der Waals surface area contributed by atoms with E-state index in [0.29, 0.717) is 18.0 Å². The minimum absolute atomic E-state index is 0.543. The lowest BCUT2D eigenvalue weighted by Gasteiger charge is -2.17. The van der Waals surface area contributed by atoms with Gasteiger partial charge in [0, 0.05) is 6.54 Å². The predicted octanol–water partition coefficient (Wildman–Crippen LogP) is 4.60. The van der Waals surface area contributed by atoms with E-state index in [1.165, 1.54) is 5.56 Å². The minimum atomic E-state index is 0.543. The third kappa shape index (κ3) is 5.64. The molecule has 3 rings (SSSR count). The van der Waals surface area contributed by atoms with E-state index in [9.17, 15) is 0 Å². The van der Waals surface area contributed by atoms with E-state index in [0.717, 1.165) is 23.7 Å². The molecule has 1 N–H and O–H groups in total. The van der Waals surface area contributed by atoms with Crippen molar-refractivity contribution >= 4 is 24.4 Å². The molecule has 0 fully saturated rings. The van der Waals surface area contributed by atoms with Gasteiger partial charge in [0.05, 0.1) is 13.3 Å². The third-order valence-electron chi connectivity index (χ3n) is 4.00. The summed E-state index contributed by atoms with van der Waals surface area (Å²) in [6.45, 7) is 4.11. The number of hydrogen-bond acceptors (Lipinski definition) is 4. The van der Waals surface area contributed by atoms with Gasteiger partial charge in [-0.15, -0.1) is 0 Å². The minimum Gasteiger partial charge on any atom is -0.494 e. The maximum Gasteiger partial charge on any atom is 0.217 e.